The molecule has 1 saturated heterocycles. The number of carbonyl (C=O) groups excluding carboxylic acids is 1. The molecule has 0 bridgehead atoms. The molecule has 1 amide bonds. The summed E-state index contributed by atoms with van der Waals surface area (Å²) in [5.74, 6) is -0.750. The van der Waals surface area contributed by atoms with Gasteiger partial charge >= 0.3 is 6.18 Å². The number of aryl methyl sites for hydroxylation is 1. The van der Waals surface area contributed by atoms with Gasteiger partial charge in [0.25, 0.3) is 5.91 Å². The van der Waals surface area contributed by atoms with E-state index >= 15 is 0 Å². The lowest BCUT2D eigenvalue weighted by Gasteiger charge is -2.23. The number of para-hydroxylation sites is 1. The van der Waals surface area contributed by atoms with Gasteiger partial charge in [-0.05, 0) is 37.0 Å². The summed E-state index contributed by atoms with van der Waals surface area (Å²) in [6.07, 6.45) is -5.26. The van der Waals surface area contributed by atoms with E-state index in [1.165, 1.54) is 23.7 Å². The zero-order chi connectivity index (χ0) is 27.4. The number of halogens is 3. The molecule has 0 radical (unpaired) electrons. The summed E-state index contributed by atoms with van der Waals surface area (Å²) in [4.78, 5) is 28.2. The number of amides is 1. The third-order valence-electron chi connectivity index (χ3n) is 6.75. The number of methoxy groups -OCH3 is 2. The van der Waals surface area contributed by atoms with Gasteiger partial charge in [-0.3, -0.25) is 14.2 Å². The monoisotopic (exact) mass is 530 g/mol. The Morgan fingerprint density at radius 1 is 1.05 bits per heavy atom. The number of ether oxygens (including phenoxy) is 2. The number of aromatic nitrogens is 1. The molecule has 1 aliphatic rings. The summed E-state index contributed by atoms with van der Waals surface area (Å²) < 4.78 is 50.7. The molecule has 1 fully saturated rings. The van der Waals surface area contributed by atoms with Crippen molar-refractivity contribution >= 4 is 5.91 Å². The molecular weight excluding hydrogens is 501 g/mol. The third kappa shape index (κ3) is 5.64. The first-order valence-corrected chi connectivity index (χ1v) is 12.2. The highest BCUT2D eigenvalue weighted by Gasteiger charge is 2.33. The van der Waals surface area contributed by atoms with Crippen LogP contribution in [0.3, 0.4) is 0 Å². The summed E-state index contributed by atoms with van der Waals surface area (Å²) >= 11 is 0. The Bertz CT molecular complexity index is 1330. The molecule has 10 heteroatoms. The number of aromatic hydroxyl groups is 1. The molecule has 2 aromatic carbocycles. The standard InChI is InChI=1S/C28H29F3N2O5/c1-37-22-11-6-12-23(38-2)25(22)33-20(10-7-14-28(29,30)31)16-21(34)24(27(33)36)26(35)32-15-13-19(17-32)18-8-4-3-5-9-18/h3-6,8-9,11-12,16,19,36H,7,10,13-15,17H2,1-2H3/t19-/m1/s1. The maximum Gasteiger partial charge on any atom is 0.389 e. The highest BCUT2D eigenvalue weighted by molar-refractivity contribution is 5.96. The van der Waals surface area contributed by atoms with Crippen LogP contribution in [0.15, 0.2) is 59.4 Å². The summed E-state index contributed by atoms with van der Waals surface area (Å²) in [7, 11) is 2.78. The first-order valence-electron chi connectivity index (χ1n) is 12.2. The number of rotatable bonds is 8. The normalized spacial score (nSPS) is 15.5. The van der Waals surface area contributed by atoms with Crippen molar-refractivity contribution in [1.82, 2.24) is 9.47 Å². The average Bonchev–Trinajstić information content (AvgIpc) is 3.39. The molecule has 4 rings (SSSR count). The van der Waals surface area contributed by atoms with Gasteiger partial charge in [0.05, 0.1) is 14.2 Å². The van der Waals surface area contributed by atoms with E-state index in [1.807, 2.05) is 30.3 Å². The fourth-order valence-electron chi connectivity index (χ4n) is 4.90. The Kier molecular flexibility index (Phi) is 7.99. The summed E-state index contributed by atoms with van der Waals surface area (Å²) in [6, 6.07) is 15.6. The lowest BCUT2D eigenvalue weighted by molar-refractivity contribution is -0.135. The topological polar surface area (TPSA) is 81.0 Å². The lowest BCUT2D eigenvalue weighted by Crippen LogP contribution is -2.33. The molecular formula is C28H29F3N2O5. The molecule has 1 aliphatic heterocycles. The number of pyridine rings is 1. The van der Waals surface area contributed by atoms with E-state index in [4.69, 9.17) is 9.47 Å². The lowest BCUT2D eigenvalue weighted by atomic mass is 9.99. The molecule has 0 spiro atoms. The molecule has 3 aromatic rings. The zero-order valence-corrected chi connectivity index (χ0v) is 21.1. The summed E-state index contributed by atoms with van der Waals surface area (Å²) in [6.45, 7) is 0.760. The van der Waals surface area contributed by atoms with Crippen molar-refractivity contribution in [2.24, 2.45) is 0 Å². The number of likely N-dealkylation sites (tertiary alicyclic amines) is 1. The Balaban J connectivity index is 1.78. The van der Waals surface area contributed by atoms with E-state index in [1.54, 1.807) is 18.2 Å². The number of hydrogen-bond acceptors (Lipinski definition) is 5. The van der Waals surface area contributed by atoms with E-state index in [0.29, 0.717) is 19.5 Å². The minimum Gasteiger partial charge on any atom is -0.494 e. The van der Waals surface area contributed by atoms with Crippen LogP contribution in [0.5, 0.6) is 17.4 Å². The van der Waals surface area contributed by atoms with E-state index in [0.717, 1.165) is 11.6 Å². The molecule has 1 aromatic heterocycles. The van der Waals surface area contributed by atoms with Crippen LogP contribution in [0.1, 0.15) is 46.8 Å². The zero-order valence-electron chi connectivity index (χ0n) is 21.1. The Morgan fingerprint density at radius 3 is 2.32 bits per heavy atom. The second-order valence-electron chi connectivity index (χ2n) is 9.16. The van der Waals surface area contributed by atoms with Gasteiger partial charge in [0.15, 0.2) is 5.43 Å². The van der Waals surface area contributed by atoms with Gasteiger partial charge in [-0.15, -0.1) is 0 Å². The quantitative estimate of drug-likeness (QED) is 0.440. The van der Waals surface area contributed by atoms with E-state index in [9.17, 15) is 27.9 Å². The van der Waals surface area contributed by atoms with Crippen LogP contribution in [0.2, 0.25) is 0 Å². The fourth-order valence-corrected chi connectivity index (χ4v) is 4.90. The van der Waals surface area contributed by atoms with Gasteiger partial charge in [0.1, 0.15) is 22.7 Å². The summed E-state index contributed by atoms with van der Waals surface area (Å²) in [5.41, 5.74) is 0.131. The molecule has 2 heterocycles. The van der Waals surface area contributed by atoms with E-state index in [2.05, 4.69) is 0 Å². The maximum absolute atomic E-state index is 13.6. The van der Waals surface area contributed by atoms with Gasteiger partial charge in [-0.25, -0.2) is 0 Å². The van der Waals surface area contributed by atoms with Gasteiger partial charge < -0.3 is 19.5 Å². The number of benzene rings is 2. The van der Waals surface area contributed by atoms with Gasteiger partial charge in [0.2, 0.25) is 5.88 Å². The highest BCUT2D eigenvalue weighted by Crippen LogP contribution is 2.38. The van der Waals surface area contributed by atoms with Crippen molar-refractivity contribution in [2.75, 3.05) is 27.3 Å². The molecule has 0 aliphatic carbocycles. The van der Waals surface area contributed by atoms with E-state index in [-0.39, 0.29) is 41.6 Å². The minimum absolute atomic E-state index is 0.0838. The number of hydrogen-bond donors (Lipinski definition) is 1. The summed E-state index contributed by atoms with van der Waals surface area (Å²) in [5, 5.41) is 11.4. The van der Waals surface area contributed by atoms with Crippen LogP contribution in [0.4, 0.5) is 13.2 Å². The van der Waals surface area contributed by atoms with Crippen LogP contribution >= 0.6 is 0 Å². The van der Waals surface area contributed by atoms with Crippen molar-refractivity contribution < 1.29 is 32.5 Å². The van der Waals surface area contributed by atoms with Gasteiger partial charge in [0, 0.05) is 37.2 Å². The predicted molar refractivity (Wildman–Crippen MR) is 136 cm³/mol. The van der Waals surface area contributed by atoms with Crippen LogP contribution in [-0.2, 0) is 6.42 Å². The molecule has 0 saturated carbocycles. The van der Waals surface area contributed by atoms with E-state index < -0.39 is 35.4 Å². The maximum atomic E-state index is 13.6. The SMILES string of the molecule is COc1cccc(OC)c1-n1c(CCCC(F)(F)F)cc(=O)c(C(=O)N2CC[C@@H](c3ccccc3)C2)c1O. The Labute approximate surface area is 218 Å². The molecule has 0 unspecified atom stereocenters. The average molecular weight is 531 g/mol. The number of nitrogens with zero attached hydrogens (tertiary/aromatic N) is 2. The van der Waals surface area contributed by atoms with Crippen LogP contribution in [0, 0.1) is 0 Å². The predicted octanol–water partition coefficient (Wildman–Crippen LogP) is 5.08. The van der Waals surface area contributed by atoms with Crippen molar-refractivity contribution in [2.45, 2.75) is 37.8 Å². The van der Waals surface area contributed by atoms with Crippen LogP contribution in [0.25, 0.3) is 5.69 Å². The van der Waals surface area contributed by atoms with Gasteiger partial charge in [-0.1, -0.05) is 36.4 Å². The van der Waals surface area contributed by atoms with Crippen molar-refractivity contribution in [1.29, 1.82) is 0 Å². The molecule has 1 atom stereocenters. The molecule has 38 heavy (non-hydrogen) atoms. The Morgan fingerprint density at radius 2 is 1.71 bits per heavy atom. The first-order chi connectivity index (χ1) is 18.1. The second kappa shape index (κ2) is 11.2. The van der Waals surface area contributed by atoms with Crippen molar-refractivity contribution in [3.8, 4) is 23.1 Å². The fraction of sp³-hybridized carbons (Fsp3) is 0.357. The minimum atomic E-state index is -4.38. The Hall–Kier alpha value is -3.95. The largest absolute Gasteiger partial charge is 0.494 e. The highest BCUT2D eigenvalue weighted by atomic mass is 19.4. The molecule has 1 N–H and O–H groups in total. The van der Waals surface area contributed by atoms with Crippen molar-refractivity contribution in [3.05, 3.63) is 81.6 Å². The third-order valence-corrected chi connectivity index (χ3v) is 6.75. The molecule has 7 nitrogen and oxygen atoms in total. The first kappa shape index (κ1) is 27.1. The van der Waals surface area contributed by atoms with Gasteiger partial charge in [-0.2, -0.15) is 13.2 Å². The number of alkyl halides is 3. The second-order valence-corrected chi connectivity index (χ2v) is 9.16. The molecule has 202 valence electrons. The van der Waals surface area contributed by atoms with Crippen LogP contribution in [-0.4, -0.2) is 54.0 Å². The smallest absolute Gasteiger partial charge is 0.389 e. The number of carbonyl (C=O) groups is 1. The van der Waals surface area contributed by atoms with Crippen LogP contribution < -0.4 is 14.9 Å². The van der Waals surface area contributed by atoms with Crippen molar-refractivity contribution in [3.63, 3.8) is 0 Å².